The zero-order valence-electron chi connectivity index (χ0n) is 18.2. The van der Waals surface area contributed by atoms with Crippen molar-refractivity contribution in [2.24, 2.45) is 7.05 Å². The van der Waals surface area contributed by atoms with Crippen LogP contribution in [0.15, 0.2) is 104 Å². The Hall–Kier alpha value is -4.04. The van der Waals surface area contributed by atoms with E-state index in [1.54, 1.807) is 0 Å². The van der Waals surface area contributed by atoms with Crippen molar-refractivity contribution in [3.63, 3.8) is 0 Å². The van der Waals surface area contributed by atoms with E-state index in [9.17, 15) is 0 Å². The predicted molar refractivity (Wildman–Crippen MR) is 131 cm³/mol. The normalized spacial score (nSPS) is 11.4. The smallest absolute Gasteiger partial charge is 0.233 e. The molecule has 0 unspecified atom stereocenters. The van der Waals surface area contributed by atoms with Crippen LogP contribution in [-0.4, -0.2) is 4.98 Å². The second-order valence-electron chi connectivity index (χ2n) is 8.39. The Morgan fingerprint density at radius 1 is 0.531 bits per heavy atom. The first kappa shape index (κ1) is 18.7. The van der Waals surface area contributed by atoms with Crippen molar-refractivity contribution in [2.75, 3.05) is 0 Å². The molecule has 32 heavy (non-hydrogen) atoms. The maximum atomic E-state index is 4.32. The molecule has 0 bridgehead atoms. The number of aromatic nitrogens is 2. The van der Waals surface area contributed by atoms with E-state index < -0.39 is 0 Å². The molecule has 1 aliphatic rings. The van der Waals surface area contributed by atoms with Crippen LogP contribution in [0.5, 0.6) is 0 Å². The lowest BCUT2D eigenvalue weighted by molar-refractivity contribution is -0.663. The van der Waals surface area contributed by atoms with E-state index in [1.165, 1.54) is 55.6 Å². The number of hydrogen-bond acceptors (Lipinski definition) is 1. The van der Waals surface area contributed by atoms with Crippen LogP contribution in [0.3, 0.4) is 0 Å². The fourth-order valence-corrected chi connectivity index (χ4v) is 5.07. The lowest BCUT2D eigenvalue weighted by Gasteiger charge is -2.25. The highest BCUT2D eigenvalue weighted by Gasteiger charge is 2.26. The molecule has 2 nitrogen and oxygen atoms in total. The first-order chi connectivity index (χ1) is 15.7. The number of fused-ring (bicyclic) bond motifs is 8. The van der Waals surface area contributed by atoms with Crippen LogP contribution < -0.4 is 4.57 Å². The van der Waals surface area contributed by atoms with Crippen molar-refractivity contribution in [2.45, 2.75) is 6.92 Å². The molecule has 1 heterocycles. The topological polar surface area (TPSA) is 16.8 Å². The Bertz CT molecular complexity index is 1490. The molecule has 0 radical (unpaired) electrons. The summed E-state index contributed by atoms with van der Waals surface area (Å²) in [6.45, 7) is 2.21. The van der Waals surface area contributed by atoms with Gasteiger partial charge in [-0.3, -0.25) is 0 Å². The highest BCUT2D eigenvalue weighted by molar-refractivity contribution is 6.06. The average Bonchev–Trinajstić information content (AvgIpc) is 2.84. The van der Waals surface area contributed by atoms with E-state index in [1.807, 2.05) is 12.5 Å². The Morgan fingerprint density at radius 2 is 1.03 bits per heavy atom. The third-order valence-electron chi connectivity index (χ3n) is 6.53. The van der Waals surface area contributed by atoms with Crippen LogP contribution in [0, 0.1) is 6.92 Å². The van der Waals surface area contributed by atoms with Gasteiger partial charge in [-0.1, -0.05) is 89.9 Å². The summed E-state index contributed by atoms with van der Waals surface area (Å²) in [5.74, 6) is 0. The van der Waals surface area contributed by atoms with Gasteiger partial charge in [0.25, 0.3) is 6.33 Å². The van der Waals surface area contributed by atoms with Crippen molar-refractivity contribution >= 4 is 0 Å². The molecule has 0 fully saturated rings. The Kier molecular flexibility index (Phi) is 4.26. The molecule has 0 spiro atoms. The number of aryl methyl sites for hydroxylation is 2. The minimum Gasteiger partial charge on any atom is -0.233 e. The lowest BCUT2D eigenvalue weighted by atomic mass is 9.78. The maximum Gasteiger partial charge on any atom is 0.286 e. The van der Waals surface area contributed by atoms with Crippen molar-refractivity contribution in [3.8, 4) is 55.8 Å². The van der Waals surface area contributed by atoms with Gasteiger partial charge in [0.15, 0.2) is 0 Å². The largest absolute Gasteiger partial charge is 0.286 e. The Balaban J connectivity index is 1.84. The van der Waals surface area contributed by atoms with Gasteiger partial charge in [-0.25, -0.2) is 4.57 Å². The summed E-state index contributed by atoms with van der Waals surface area (Å²) in [7, 11) is 2.07. The first-order valence-corrected chi connectivity index (χ1v) is 11.0. The second-order valence-corrected chi connectivity index (χ2v) is 8.39. The monoisotopic (exact) mass is 411 g/mol. The molecule has 0 amide bonds. The molecule has 0 atom stereocenters. The van der Waals surface area contributed by atoms with Gasteiger partial charge in [-0.15, -0.1) is 0 Å². The van der Waals surface area contributed by atoms with Crippen molar-refractivity contribution in [1.29, 1.82) is 0 Å². The standard InChI is InChI=1S/C30H23N2/c1-20-15-16-27-25-13-6-5-11-23(25)21-9-3-4-10-22(21)24-12-7-8-14-26(24)30(27)29(20)28-17-18-31-19-32(28)2/h3-19H,1-2H3/q+1. The van der Waals surface area contributed by atoms with E-state index in [0.29, 0.717) is 0 Å². The molecule has 0 aliphatic heterocycles. The van der Waals surface area contributed by atoms with E-state index in [-0.39, 0.29) is 0 Å². The zero-order chi connectivity index (χ0) is 21.7. The molecular weight excluding hydrogens is 388 g/mol. The zero-order valence-corrected chi connectivity index (χ0v) is 18.2. The summed E-state index contributed by atoms with van der Waals surface area (Å²) in [5, 5.41) is 0. The predicted octanol–water partition coefficient (Wildman–Crippen LogP) is 6.86. The van der Waals surface area contributed by atoms with Gasteiger partial charge >= 0.3 is 0 Å². The molecule has 0 saturated heterocycles. The fraction of sp³-hybridized carbons (Fsp3) is 0.0667. The number of rotatable bonds is 1. The summed E-state index contributed by atoms with van der Waals surface area (Å²) in [5.41, 5.74) is 13.8. The third-order valence-corrected chi connectivity index (χ3v) is 6.53. The molecule has 5 aromatic rings. The van der Waals surface area contributed by atoms with Crippen LogP contribution in [0.4, 0.5) is 0 Å². The van der Waals surface area contributed by atoms with Gasteiger partial charge in [0.1, 0.15) is 11.9 Å². The maximum absolute atomic E-state index is 4.32. The van der Waals surface area contributed by atoms with Crippen LogP contribution in [0.2, 0.25) is 0 Å². The van der Waals surface area contributed by atoms with E-state index in [0.717, 1.165) is 5.69 Å². The van der Waals surface area contributed by atoms with E-state index >= 15 is 0 Å². The Labute approximate surface area is 188 Å². The minimum absolute atomic E-state index is 1.16. The molecule has 152 valence electrons. The lowest BCUT2D eigenvalue weighted by Crippen LogP contribution is -2.31. The summed E-state index contributed by atoms with van der Waals surface area (Å²) < 4.78 is 2.11. The summed E-state index contributed by atoms with van der Waals surface area (Å²) in [6.07, 6.45) is 3.76. The van der Waals surface area contributed by atoms with Crippen LogP contribution in [-0.2, 0) is 7.05 Å². The number of benzene rings is 4. The molecule has 0 saturated carbocycles. The first-order valence-electron chi connectivity index (χ1n) is 11.0. The quantitative estimate of drug-likeness (QED) is 0.270. The Morgan fingerprint density at radius 3 is 1.59 bits per heavy atom. The molecular formula is C30H23N2+. The van der Waals surface area contributed by atoms with Crippen LogP contribution in [0.25, 0.3) is 55.8 Å². The summed E-state index contributed by atoms with van der Waals surface area (Å²) in [6, 6.07) is 33.0. The van der Waals surface area contributed by atoms with Crippen molar-refractivity contribution in [1.82, 2.24) is 4.98 Å². The van der Waals surface area contributed by atoms with E-state index in [2.05, 4.69) is 115 Å². The van der Waals surface area contributed by atoms with Gasteiger partial charge < -0.3 is 0 Å². The molecule has 6 rings (SSSR count). The molecule has 1 aliphatic carbocycles. The van der Waals surface area contributed by atoms with Crippen molar-refractivity contribution < 1.29 is 4.57 Å². The minimum atomic E-state index is 1.16. The van der Waals surface area contributed by atoms with Gasteiger partial charge in [0, 0.05) is 17.2 Å². The highest BCUT2D eigenvalue weighted by atomic mass is 15.0. The van der Waals surface area contributed by atoms with Gasteiger partial charge in [-0.2, -0.15) is 0 Å². The highest BCUT2D eigenvalue weighted by Crippen LogP contribution is 2.50. The third kappa shape index (κ3) is 2.73. The van der Waals surface area contributed by atoms with Gasteiger partial charge in [0.05, 0.1) is 7.05 Å². The molecule has 4 aromatic carbocycles. The van der Waals surface area contributed by atoms with Gasteiger partial charge in [-0.05, 0) is 51.4 Å². The average molecular weight is 412 g/mol. The second kappa shape index (κ2) is 7.28. The molecule has 2 heteroatoms. The molecule has 1 aromatic heterocycles. The van der Waals surface area contributed by atoms with Crippen LogP contribution in [0.1, 0.15) is 5.56 Å². The number of hydrogen-bond donors (Lipinski definition) is 0. The summed E-state index contributed by atoms with van der Waals surface area (Å²) >= 11 is 0. The van der Waals surface area contributed by atoms with Gasteiger partial charge in [0.2, 0.25) is 0 Å². The summed E-state index contributed by atoms with van der Waals surface area (Å²) in [4.78, 5) is 4.32. The van der Waals surface area contributed by atoms with Crippen LogP contribution >= 0.6 is 0 Å². The SMILES string of the molecule is Cc1ccc2c(c1-c1ccnc[n+]1C)-c1ccccc1-c1ccccc1-c1ccccc1-2. The van der Waals surface area contributed by atoms with E-state index in [4.69, 9.17) is 0 Å². The fourth-order valence-electron chi connectivity index (χ4n) is 5.07. The van der Waals surface area contributed by atoms with Crippen molar-refractivity contribution in [3.05, 3.63) is 109 Å². The molecule has 0 N–H and O–H groups in total. The number of nitrogens with zero attached hydrogens (tertiary/aromatic N) is 2.